The highest BCUT2D eigenvalue weighted by molar-refractivity contribution is 5.68. The van der Waals surface area contributed by atoms with Crippen molar-refractivity contribution in [3.05, 3.63) is 12.3 Å². The predicted octanol–water partition coefficient (Wildman–Crippen LogP) is 1.75. The van der Waals surface area contributed by atoms with E-state index >= 15 is 0 Å². The summed E-state index contributed by atoms with van der Waals surface area (Å²) < 4.78 is 17.4. The summed E-state index contributed by atoms with van der Waals surface area (Å²) in [5.41, 5.74) is 3.52. The number of ether oxygens (including phenoxy) is 3. The third-order valence-electron chi connectivity index (χ3n) is 5.15. The third-order valence-corrected chi connectivity index (χ3v) is 5.15. The lowest BCUT2D eigenvalue weighted by molar-refractivity contribution is -0.219. The molecule has 0 aliphatic carbocycles. The molecule has 0 saturated carbocycles. The van der Waals surface area contributed by atoms with E-state index in [0.29, 0.717) is 38.2 Å². The second-order valence-corrected chi connectivity index (χ2v) is 8.87. The van der Waals surface area contributed by atoms with Gasteiger partial charge in [0, 0.05) is 25.7 Å². The van der Waals surface area contributed by atoms with Crippen molar-refractivity contribution in [1.82, 2.24) is 14.9 Å². The molecule has 28 heavy (non-hydrogen) atoms. The topological polar surface area (TPSA) is 120 Å². The molecule has 0 unspecified atom stereocenters. The van der Waals surface area contributed by atoms with Crippen LogP contribution in [0.4, 0.5) is 10.6 Å². The fraction of sp³-hybridized carbons (Fsp3) is 0.737. The lowest BCUT2D eigenvalue weighted by Gasteiger charge is -2.50. The van der Waals surface area contributed by atoms with Crippen molar-refractivity contribution >= 4 is 11.9 Å². The molecule has 2 atom stereocenters. The quantitative estimate of drug-likeness (QED) is 0.778. The molecule has 2 aliphatic heterocycles. The number of nitrogen functional groups attached to an aromatic ring is 1. The van der Waals surface area contributed by atoms with Gasteiger partial charge in [0.1, 0.15) is 23.1 Å². The van der Waals surface area contributed by atoms with Crippen LogP contribution in [0.15, 0.2) is 12.3 Å². The molecule has 3 heterocycles. The van der Waals surface area contributed by atoms with Crippen LogP contribution in [-0.2, 0) is 9.47 Å². The highest BCUT2D eigenvalue weighted by atomic mass is 16.6. The molecular weight excluding hydrogens is 364 g/mol. The summed E-state index contributed by atoms with van der Waals surface area (Å²) in [5.74, 6) is 0.303. The molecule has 0 bridgehead atoms. The minimum atomic E-state index is -1.18. The lowest BCUT2D eigenvalue weighted by atomic mass is 9.79. The van der Waals surface area contributed by atoms with Gasteiger partial charge in [0.2, 0.25) is 0 Å². The molecule has 156 valence electrons. The van der Waals surface area contributed by atoms with Crippen molar-refractivity contribution < 1.29 is 24.1 Å². The predicted molar refractivity (Wildman–Crippen MR) is 102 cm³/mol. The maximum absolute atomic E-state index is 12.3. The Morgan fingerprint density at radius 1 is 1.39 bits per heavy atom. The average Bonchev–Trinajstić information content (AvgIpc) is 2.58. The van der Waals surface area contributed by atoms with Gasteiger partial charge in [-0.15, -0.1) is 0 Å². The molecule has 2 saturated heterocycles. The summed E-state index contributed by atoms with van der Waals surface area (Å²) in [6.45, 7) is 8.41. The number of carbonyl (C=O) groups excluding carboxylic acids is 1. The fourth-order valence-corrected chi connectivity index (χ4v) is 3.49. The minimum absolute atomic E-state index is 0.131. The second-order valence-electron chi connectivity index (χ2n) is 8.87. The van der Waals surface area contributed by atoms with Crippen molar-refractivity contribution in [3.8, 4) is 6.01 Å². The number of likely N-dealkylation sites (tertiary alicyclic amines) is 1. The van der Waals surface area contributed by atoms with Crippen LogP contribution >= 0.6 is 0 Å². The molecule has 3 N–H and O–H groups in total. The smallest absolute Gasteiger partial charge is 0.410 e. The van der Waals surface area contributed by atoms with Crippen LogP contribution in [0, 0.1) is 0 Å². The molecule has 0 aromatic carbocycles. The number of anilines is 1. The van der Waals surface area contributed by atoms with Gasteiger partial charge < -0.3 is 30.0 Å². The first-order valence-corrected chi connectivity index (χ1v) is 9.58. The van der Waals surface area contributed by atoms with Gasteiger partial charge >= 0.3 is 12.1 Å². The second kappa shape index (κ2) is 7.36. The average molecular weight is 394 g/mol. The Bertz CT molecular complexity index is 711. The van der Waals surface area contributed by atoms with Crippen LogP contribution in [0.1, 0.15) is 47.0 Å². The standard InChI is InChI=1S/C19H30N4O5/c1-17(2,3)28-16(24)23-9-6-19(7-10-23)11-13(18(4,25)12-26-19)27-15-21-8-5-14(20)22-15/h5,8,13,25H,6-7,9-12H2,1-4H3,(H2,20,21,22)/t13-,18-/m0/s1. The Hall–Kier alpha value is -2.13. The summed E-state index contributed by atoms with van der Waals surface area (Å²) >= 11 is 0. The first kappa shape index (κ1) is 20.6. The van der Waals surface area contributed by atoms with E-state index in [9.17, 15) is 9.90 Å². The van der Waals surface area contributed by atoms with Crippen molar-refractivity contribution in [1.29, 1.82) is 0 Å². The van der Waals surface area contributed by atoms with E-state index < -0.39 is 22.9 Å². The summed E-state index contributed by atoms with van der Waals surface area (Å²) in [6, 6.07) is 1.71. The number of hydrogen-bond donors (Lipinski definition) is 2. The number of nitrogens with two attached hydrogens (primary N) is 1. The molecule has 9 nitrogen and oxygen atoms in total. The molecule has 1 amide bonds. The van der Waals surface area contributed by atoms with E-state index in [2.05, 4.69) is 9.97 Å². The molecule has 1 spiro atoms. The Morgan fingerprint density at radius 3 is 2.68 bits per heavy atom. The first-order chi connectivity index (χ1) is 13.0. The van der Waals surface area contributed by atoms with Crippen molar-refractivity contribution in [2.45, 2.75) is 69.9 Å². The summed E-state index contributed by atoms with van der Waals surface area (Å²) in [5, 5.41) is 10.7. The zero-order valence-electron chi connectivity index (χ0n) is 17.0. The van der Waals surface area contributed by atoms with E-state index in [1.807, 2.05) is 20.8 Å². The fourth-order valence-electron chi connectivity index (χ4n) is 3.49. The number of aliphatic hydroxyl groups is 1. The van der Waals surface area contributed by atoms with Gasteiger partial charge in [-0.2, -0.15) is 4.98 Å². The zero-order chi connectivity index (χ0) is 20.6. The van der Waals surface area contributed by atoms with Gasteiger partial charge in [-0.3, -0.25) is 0 Å². The van der Waals surface area contributed by atoms with Crippen molar-refractivity contribution in [2.75, 3.05) is 25.4 Å². The van der Waals surface area contributed by atoms with Crippen LogP contribution in [0.5, 0.6) is 6.01 Å². The number of aromatic nitrogens is 2. The van der Waals surface area contributed by atoms with Gasteiger partial charge in [-0.1, -0.05) is 0 Å². The molecule has 2 fully saturated rings. The number of amides is 1. The largest absolute Gasteiger partial charge is 0.457 e. The van der Waals surface area contributed by atoms with Crippen LogP contribution < -0.4 is 10.5 Å². The molecule has 2 aliphatic rings. The van der Waals surface area contributed by atoms with Crippen molar-refractivity contribution in [3.63, 3.8) is 0 Å². The van der Waals surface area contributed by atoms with Gasteiger partial charge in [-0.25, -0.2) is 9.78 Å². The molecule has 1 aromatic rings. The maximum atomic E-state index is 12.3. The van der Waals surface area contributed by atoms with Crippen LogP contribution in [0.25, 0.3) is 0 Å². The van der Waals surface area contributed by atoms with Gasteiger partial charge in [-0.05, 0) is 46.6 Å². The highest BCUT2D eigenvalue weighted by Gasteiger charge is 2.50. The van der Waals surface area contributed by atoms with Crippen molar-refractivity contribution in [2.24, 2.45) is 0 Å². The van der Waals surface area contributed by atoms with Gasteiger partial charge in [0.25, 0.3) is 0 Å². The maximum Gasteiger partial charge on any atom is 0.410 e. The summed E-state index contributed by atoms with van der Waals surface area (Å²) in [4.78, 5) is 22.1. The molecular formula is C19H30N4O5. The Balaban J connectivity index is 1.65. The highest BCUT2D eigenvalue weighted by Crippen LogP contribution is 2.39. The molecule has 9 heteroatoms. The molecule has 3 rings (SSSR count). The summed E-state index contributed by atoms with van der Waals surface area (Å²) in [6.07, 6.45) is 2.41. The Kier molecular flexibility index (Phi) is 5.42. The van der Waals surface area contributed by atoms with E-state index in [1.165, 1.54) is 6.20 Å². The normalized spacial score (nSPS) is 27.5. The van der Waals surface area contributed by atoms with Gasteiger partial charge in [0.15, 0.2) is 0 Å². The van der Waals surface area contributed by atoms with Crippen LogP contribution in [0.2, 0.25) is 0 Å². The van der Waals surface area contributed by atoms with Crippen LogP contribution in [-0.4, -0.2) is 68.7 Å². The Morgan fingerprint density at radius 2 is 2.07 bits per heavy atom. The number of carbonyl (C=O) groups is 1. The number of rotatable bonds is 2. The SMILES string of the molecule is CC(C)(C)OC(=O)N1CCC2(CC1)C[C@H](Oc1nccc(N)n1)[C@@](C)(O)CO2. The lowest BCUT2D eigenvalue weighted by Crippen LogP contribution is -2.61. The van der Waals surface area contributed by atoms with E-state index in [1.54, 1.807) is 17.9 Å². The zero-order valence-corrected chi connectivity index (χ0v) is 17.0. The monoisotopic (exact) mass is 394 g/mol. The first-order valence-electron chi connectivity index (χ1n) is 9.58. The third kappa shape index (κ3) is 4.82. The molecule has 1 aromatic heterocycles. The van der Waals surface area contributed by atoms with Gasteiger partial charge in [0.05, 0.1) is 12.2 Å². The minimum Gasteiger partial charge on any atom is -0.457 e. The van der Waals surface area contributed by atoms with E-state index in [-0.39, 0.29) is 18.7 Å². The van der Waals surface area contributed by atoms with E-state index in [0.717, 1.165) is 0 Å². The van der Waals surface area contributed by atoms with Crippen LogP contribution in [0.3, 0.4) is 0 Å². The summed E-state index contributed by atoms with van der Waals surface area (Å²) in [7, 11) is 0. The number of piperidine rings is 1. The number of hydrogen-bond acceptors (Lipinski definition) is 8. The van der Waals surface area contributed by atoms with E-state index in [4.69, 9.17) is 19.9 Å². The number of nitrogens with zero attached hydrogens (tertiary/aromatic N) is 3. The Labute approximate surface area is 165 Å². The molecule has 0 radical (unpaired) electrons.